The van der Waals surface area contributed by atoms with Crippen molar-refractivity contribution in [3.8, 4) is 5.88 Å². The van der Waals surface area contributed by atoms with E-state index < -0.39 is 5.60 Å². The number of hydrogen-bond acceptors (Lipinski definition) is 6. The molecule has 0 fully saturated rings. The number of nitrogens with one attached hydrogen (secondary N) is 1. The van der Waals surface area contributed by atoms with Gasteiger partial charge in [-0.3, -0.25) is 0 Å². The van der Waals surface area contributed by atoms with E-state index in [4.69, 9.17) is 4.74 Å². The van der Waals surface area contributed by atoms with E-state index in [0.29, 0.717) is 31.5 Å². The number of rotatable bonds is 7. The van der Waals surface area contributed by atoms with Crippen LogP contribution in [0.2, 0.25) is 0 Å². The maximum atomic E-state index is 10.1. The first-order valence-corrected chi connectivity index (χ1v) is 6.00. The fourth-order valence-electron chi connectivity index (χ4n) is 1.66. The normalized spacial score (nSPS) is 14.3. The van der Waals surface area contributed by atoms with Crippen LogP contribution in [0, 0.1) is 0 Å². The largest absolute Gasteiger partial charge is 0.478 e. The summed E-state index contributed by atoms with van der Waals surface area (Å²) in [7, 11) is 3.83. The number of anilines is 1. The van der Waals surface area contributed by atoms with Crippen LogP contribution in [0.15, 0.2) is 12.3 Å². The van der Waals surface area contributed by atoms with Gasteiger partial charge in [-0.2, -0.15) is 4.98 Å². The highest BCUT2D eigenvalue weighted by Crippen LogP contribution is 2.10. The molecule has 6 heteroatoms. The zero-order valence-corrected chi connectivity index (χ0v) is 11.5. The first-order chi connectivity index (χ1) is 8.43. The second-order valence-electron chi connectivity index (χ2n) is 4.74. The van der Waals surface area contributed by atoms with E-state index in [1.54, 1.807) is 19.2 Å². The van der Waals surface area contributed by atoms with E-state index in [-0.39, 0.29) is 0 Å². The number of aliphatic hydroxyl groups is 1. The molecule has 18 heavy (non-hydrogen) atoms. The highest BCUT2D eigenvalue weighted by molar-refractivity contribution is 5.28. The summed E-state index contributed by atoms with van der Waals surface area (Å²) in [6, 6.07) is 1.70. The lowest BCUT2D eigenvalue weighted by atomic mass is 10.1. The number of ether oxygens (including phenoxy) is 1. The van der Waals surface area contributed by atoms with Gasteiger partial charge in [0, 0.05) is 25.4 Å². The Morgan fingerprint density at radius 3 is 2.83 bits per heavy atom. The molecule has 1 heterocycles. The molecule has 1 aromatic rings. The lowest BCUT2D eigenvalue weighted by Gasteiger charge is -2.27. The van der Waals surface area contributed by atoms with Crippen LogP contribution in [0.4, 0.5) is 5.95 Å². The zero-order valence-electron chi connectivity index (χ0n) is 11.5. The lowest BCUT2D eigenvalue weighted by Crippen LogP contribution is -2.43. The van der Waals surface area contributed by atoms with Crippen molar-refractivity contribution in [2.75, 3.05) is 39.1 Å². The van der Waals surface area contributed by atoms with E-state index in [1.165, 1.54) is 0 Å². The maximum absolute atomic E-state index is 10.1. The molecule has 0 bridgehead atoms. The number of nitrogens with zero attached hydrogens (tertiary/aromatic N) is 3. The van der Waals surface area contributed by atoms with Gasteiger partial charge >= 0.3 is 0 Å². The van der Waals surface area contributed by atoms with E-state index in [2.05, 4.69) is 15.3 Å². The molecule has 1 rings (SSSR count). The van der Waals surface area contributed by atoms with Crippen molar-refractivity contribution >= 4 is 5.95 Å². The van der Waals surface area contributed by atoms with Crippen LogP contribution in [-0.2, 0) is 0 Å². The molecule has 0 amide bonds. The second kappa shape index (κ2) is 6.51. The summed E-state index contributed by atoms with van der Waals surface area (Å²) in [6.07, 6.45) is 1.63. The molecule has 0 saturated carbocycles. The SMILES string of the molecule is CCOc1ccnc(NCC(C)(O)CN(C)C)n1. The van der Waals surface area contributed by atoms with Crippen molar-refractivity contribution in [3.05, 3.63) is 12.3 Å². The van der Waals surface area contributed by atoms with Gasteiger partial charge < -0.3 is 20.1 Å². The fraction of sp³-hybridized carbons (Fsp3) is 0.667. The molecule has 1 aromatic heterocycles. The van der Waals surface area contributed by atoms with Gasteiger partial charge in [-0.05, 0) is 27.9 Å². The van der Waals surface area contributed by atoms with E-state index >= 15 is 0 Å². The van der Waals surface area contributed by atoms with Crippen LogP contribution in [-0.4, -0.2) is 59.4 Å². The third-order valence-electron chi connectivity index (χ3n) is 2.21. The minimum Gasteiger partial charge on any atom is -0.478 e. The zero-order chi connectivity index (χ0) is 13.6. The van der Waals surface area contributed by atoms with Crippen molar-refractivity contribution in [2.45, 2.75) is 19.4 Å². The predicted octanol–water partition coefficient (Wildman–Crippen LogP) is 0.600. The third kappa shape index (κ3) is 5.29. The van der Waals surface area contributed by atoms with Crippen LogP contribution in [0.1, 0.15) is 13.8 Å². The second-order valence-corrected chi connectivity index (χ2v) is 4.74. The summed E-state index contributed by atoms with van der Waals surface area (Å²) in [6.45, 7) is 5.17. The molecule has 0 radical (unpaired) electrons. The first kappa shape index (κ1) is 14.7. The van der Waals surface area contributed by atoms with Gasteiger partial charge in [0.05, 0.1) is 12.2 Å². The Balaban J connectivity index is 2.54. The maximum Gasteiger partial charge on any atom is 0.226 e. The average Bonchev–Trinajstić information content (AvgIpc) is 2.26. The number of aromatic nitrogens is 2. The Kier molecular flexibility index (Phi) is 5.30. The Morgan fingerprint density at radius 2 is 2.22 bits per heavy atom. The van der Waals surface area contributed by atoms with Crippen molar-refractivity contribution in [1.82, 2.24) is 14.9 Å². The summed E-state index contributed by atoms with van der Waals surface area (Å²) >= 11 is 0. The Hall–Kier alpha value is -1.40. The van der Waals surface area contributed by atoms with Gasteiger partial charge in [0.25, 0.3) is 0 Å². The van der Waals surface area contributed by atoms with E-state index in [0.717, 1.165) is 0 Å². The predicted molar refractivity (Wildman–Crippen MR) is 70.9 cm³/mol. The molecular formula is C12H22N4O2. The van der Waals surface area contributed by atoms with Gasteiger partial charge in [0.2, 0.25) is 11.8 Å². The van der Waals surface area contributed by atoms with Gasteiger partial charge in [0.15, 0.2) is 0 Å². The van der Waals surface area contributed by atoms with Crippen LogP contribution in [0.5, 0.6) is 5.88 Å². The number of likely N-dealkylation sites (N-methyl/N-ethyl adjacent to an activating group) is 1. The fourth-order valence-corrected chi connectivity index (χ4v) is 1.66. The Bertz CT molecular complexity index is 369. The van der Waals surface area contributed by atoms with Crippen molar-refractivity contribution < 1.29 is 9.84 Å². The van der Waals surface area contributed by atoms with Crippen LogP contribution < -0.4 is 10.1 Å². The highest BCUT2D eigenvalue weighted by Gasteiger charge is 2.21. The minimum atomic E-state index is -0.839. The molecule has 2 N–H and O–H groups in total. The molecule has 0 saturated heterocycles. The van der Waals surface area contributed by atoms with Gasteiger partial charge in [-0.15, -0.1) is 0 Å². The average molecular weight is 254 g/mol. The summed E-state index contributed by atoms with van der Waals surface area (Å²) in [5.41, 5.74) is -0.839. The van der Waals surface area contributed by atoms with Crippen LogP contribution in [0.3, 0.4) is 0 Å². The first-order valence-electron chi connectivity index (χ1n) is 6.00. The summed E-state index contributed by atoms with van der Waals surface area (Å²) in [4.78, 5) is 10.2. The molecule has 0 aliphatic heterocycles. The van der Waals surface area contributed by atoms with Crippen molar-refractivity contribution in [3.63, 3.8) is 0 Å². The molecule has 6 nitrogen and oxygen atoms in total. The highest BCUT2D eigenvalue weighted by atomic mass is 16.5. The Morgan fingerprint density at radius 1 is 1.50 bits per heavy atom. The standard InChI is InChI=1S/C12H22N4O2/c1-5-18-10-6-7-13-11(15-10)14-8-12(2,17)9-16(3)4/h6-7,17H,5,8-9H2,1-4H3,(H,13,14,15). The number of hydrogen-bond donors (Lipinski definition) is 2. The summed E-state index contributed by atoms with van der Waals surface area (Å²) in [5, 5.41) is 13.1. The molecule has 102 valence electrons. The Labute approximate surface area is 108 Å². The van der Waals surface area contributed by atoms with Crippen molar-refractivity contribution in [2.24, 2.45) is 0 Å². The van der Waals surface area contributed by atoms with E-state index in [9.17, 15) is 5.11 Å². The lowest BCUT2D eigenvalue weighted by molar-refractivity contribution is 0.0458. The molecular weight excluding hydrogens is 232 g/mol. The van der Waals surface area contributed by atoms with Crippen LogP contribution in [0.25, 0.3) is 0 Å². The smallest absolute Gasteiger partial charge is 0.226 e. The summed E-state index contributed by atoms with van der Waals surface area (Å²) in [5.74, 6) is 0.988. The van der Waals surface area contributed by atoms with Crippen LogP contribution >= 0.6 is 0 Å². The molecule has 1 unspecified atom stereocenters. The molecule has 1 atom stereocenters. The molecule has 0 aliphatic carbocycles. The quantitative estimate of drug-likeness (QED) is 0.742. The van der Waals surface area contributed by atoms with E-state index in [1.807, 2.05) is 25.9 Å². The molecule has 0 aromatic carbocycles. The van der Waals surface area contributed by atoms with Gasteiger partial charge in [-0.1, -0.05) is 0 Å². The minimum absolute atomic E-state index is 0.376. The molecule has 0 spiro atoms. The van der Waals surface area contributed by atoms with Gasteiger partial charge in [-0.25, -0.2) is 4.98 Å². The van der Waals surface area contributed by atoms with Gasteiger partial charge in [0.1, 0.15) is 0 Å². The monoisotopic (exact) mass is 254 g/mol. The molecule has 0 aliphatic rings. The summed E-state index contributed by atoms with van der Waals surface area (Å²) < 4.78 is 5.28. The topological polar surface area (TPSA) is 70.5 Å². The third-order valence-corrected chi connectivity index (χ3v) is 2.21. The van der Waals surface area contributed by atoms with Crippen molar-refractivity contribution in [1.29, 1.82) is 0 Å².